The van der Waals surface area contributed by atoms with Gasteiger partial charge in [0.05, 0.1) is 0 Å². The molecule has 0 saturated heterocycles. The Morgan fingerprint density at radius 3 is 1.94 bits per heavy atom. The van der Waals surface area contributed by atoms with Gasteiger partial charge in [0.15, 0.2) is 5.78 Å². The zero-order valence-electron chi connectivity index (χ0n) is 20.5. The van der Waals surface area contributed by atoms with Crippen LogP contribution in [0.5, 0.6) is 0 Å². The second-order valence-electron chi connectivity index (χ2n) is 7.93. The molecule has 1 N–H and O–H groups in total. The van der Waals surface area contributed by atoms with E-state index >= 15 is 0 Å². The highest BCUT2D eigenvalue weighted by atomic mass is 35.5. The molecular formula is C27H40ClF2NO. The molecule has 0 aliphatic rings. The summed E-state index contributed by atoms with van der Waals surface area (Å²) in [4.78, 5) is 11.3. The Balaban J connectivity index is 0.000000574. The first-order valence-corrected chi connectivity index (χ1v) is 12.0. The molecule has 5 heteroatoms. The van der Waals surface area contributed by atoms with E-state index in [1.165, 1.54) is 19.3 Å². The molecule has 2 nitrogen and oxygen atoms in total. The van der Waals surface area contributed by atoms with Crippen LogP contribution < -0.4 is 5.32 Å². The molecule has 0 aromatic heterocycles. The number of benzene rings is 2. The van der Waals surface area contributed by atoms with Crippen molar-refractivity contribution in [1.82, 2.24) is 0 Å². The number of nitrogens with one attached hydrogen (secondary N) is 1. The third-order valence-corrected chi connectivity index (χ3v) is 4.91. The molecule has 0 heterocycles. The molecule has 2 aromatic rings. The predicted molar refractivity (Wildman–Crippen MR) is 136 cm³/mol. The van der Waals surface area contributed by atoms with Crippen molar-refractivity contribution in [3.05, 3.63) is 58.6 Å². The van der Waals surface area contributed by atoms with E-state index < -0.39 is 5.92 Å². The summed E-state index contributed by atoms with van der Waals surface area (Å²) in [6.45, 7) is 11.5. The van der Waals surface area contributed by atoms with Crippen LogP contribution in [0.15, 0.2) is 42.5 Å². The van der Waals surface area contributed by atoms with E-state index in [9.17, 15) is 13.6 Å². The number of ketones is 1. The summed E-state index contributed by atoms with van der Waals surface area (Å²) in [6, 6.07) is 13.1. The number of rotatable bonds is 9. The first-order valence-electron chi connectivity index (χ1n) is 11.6. The molecule has 180 valence electrons. The number of Topliss-reactive ketones (excluding diaryl/α,β-unsaturated/α-hetero) is 1. The number of alkyl halides is 2. The summed E-state index contributed by atoms with van der Waals surface area (Å²) >= 11 is 5.93. The zero-order chi connectivity index (χ0) is 24.6. The van der Waals surface area contributed by atoms with Gasteiger partial charge in [0.1, 0.15) is 0 Å². The van der Waals surface area contributed by atoms with Crippen molar-refractivity contribution < 1.29 is 13.6 Å². The summed E-state index contributed by atoms with van der Waals surface area (Å²) in [5.74, 6) is -2.32. The Kier molecular flexibility index (Phi) is 15.6. The van der Waals surface area contributed by atoms with E-state index in [0.29, 0.717) is 17.9 Å². The first kappa shape index (κ1) is 30.1. The SMILES string of the molecule is CC(=O)c1ccc(Nc2cccc(Cl)c2)c(C)c1.CCCC(F)(F)CCC.CCCCC. The fourth-order valence-corrected chi connectivity index (χ4v) is 3.15. The molecule has 0 unspecified atom stereocenters. The monoisotopic (exact) mass is 467 g/mol. The van der Waals surface area contributed by atoms with Crippen LogP contribution in [0.2, 0.25) is 5.02 Å². The fourth-order valence-electron chi connectivity index (χ4n) is 2.95. The number of halogens is 3. The Bertz CT molecular complexity index is 783. The van der Waals surface area contributed by atoms with Gasteiger partial charge in [-0.25, -0.2) is 8.78 Å². The van der Waals surface area contributed by atoms with Crippen LogP contribution in [0.25, 0.3) is 0 Å². The quantitative estimate of drug-likeness (QED) is 0.371. The summed E-state index contributed by atoms with van der Waals surface area (Å²) in [6.07, 6.45) is 5.31. The van der Waals surface area contributed by atoms with Crippen LogP contribution in [-0.4, -0.2) is 11.7 Å². The summed E-state index contributed by atoms with van der Waals surface area (Å²) in [5.41, 5.74) is 3.66. The fraction of sp³-hybridized carbons (Fsp3) is 0.519. The van der Waals surface area contributed by atoms with Gasteiger partial charge in [-0.2, -0.15) is 0 Å². The Morgan fingerprint density at radius 1 is 0.938 bits per heavy atom. The first-order chi connectivity index (χ1) is 15.1. The maximum atomic E-state index is 12.4. The average Bonchev–Trinajstić information content (AvgIpc) is 2.71. The number of anilines is 2. The lowest BCUT2D eigenvalue weighted by Crippen LogP contribution is -2.14. The number of carbonyl (C=O) groups excluding carboxylic acids is 1. The highest BCUT2D eigenvalue weighted by molar-refractivity contribution is 6.30. The second-order valence-corrected chi connectivity index (χ2v) is 8.37. The van der Waals surface area contributed by atoms with Crippen molar-refractivity contribution in [2.75, 3.05) is 5.32 Å². The molecule has 0 bridgehead atoms. The van der Waals surface area contributed by atoms with Crippen molar-refractivity contribution in [2.45, 2.75) is 92.4 Å². The van der Waals surface area contributed by atoms with Crippen LogP contribution in [0, 0.1) is 6.92 Å². The number of hydrogen-bond acceptors (Lipinski definition) is 2. The molecular weight excluding hydrogens is 428 g/mol. The van der Waals surface area contributed by atoms with E-state index in [1.807, 2.05) is 49.4 Å². The average molecular weight is 468 g/mol. The number of carbonyl (C=O) groups is 1. The van der Waals surface area contributed by atoms with E-state index in [2.05, 4.69) is 19.2 Å². The van der Waals surface area contributed by atoms with Crippen molar-refractivity contribution in [2.24, 2.45) is 0 Å². The number of hydrogen-bond donors (Lipinski definition) is 1. The van der Waals surface area contributed by atoms with Gasteiger partial charge in [-0.15, -0.1) is 0 Å². The molecule has 32 heavy (non-hydrogen) atoms. The number of aryl methyl sites for hydroxylation is 1. The maximum absolute atomic E-state index is 12.4. The summed E-state index contributed by atoms with van der Waals surface area (Å²) in [7, 11) is 0. The van der Waals surface area contributed by atoms with E-state index in [1.54, 1.807) is 20.8 Å². The lowest BCUT2D eigenvalue weighted by atomic mass is 10.1. The largest absolute Gasteiger partial charge is 0.355 e. The van der Waals surface area contributed by atoms with E-state index in [-0.39, 0.29) is 18.6 Å². The Labute approximate surface area is 198 Å². The Morgan fingerprint density at radius 2 is 1.53 bits per heavy atom. The summed E-state index contributed by atoms with van der Waals surface area (Å²) in [5, 5.41) is 3.98. The molecule has 0 atom stereocenters. The molecule has 0 amide bonds. The molecule has 2 aromatic carbocycles. The molecule has 0 fully saturated rings. The minimum atomic E-state index is -2.40. The minimum Gasteiger partial charge on any atom is -0.355 e. The third kappa shape index (κ3) is 13.5. The van der Waals surface area contributed by atoms with Gasteiger partial charge in [0, 0.05) is 34.8 Å². The van der Waals surface area contributed by atoms with Crippen molar-refractivity contribution in [3.63, 3.8) is 0 Å². The molecule has 0 aliphatic heterocycles. The van der Waals surface area contributed by atoms with Crippen molar-refractivity contribution in [3.8, 4) is 0 Å². The molecule has 0 spiro atoms. The van der Waals surface area contributed by atoms with Crippen LogP contribution in [-0.2, 0) is 0 Å². The minimum absolute atomic E-state index is 0.0425. The Hall–Kier alpha value is -1.94. The predicted octanol–water partition coefficient (Wildman–Crippen LogP) is 10.0. The lowest BCUT2D eigenvalue weighted by molar-refractivity contribution is -0.0173. The highest BCUT2D eigenvalue weighted by Gasteiger charge is 2.25. The van der Waals surface area contributed by atoms with E-state index in [4.69, 9.17) is 11.6 Å². The van der Waals surface area contributed by atoms with Gasteiger partial charge in [0.2, 0.25) is 5.92 Å². The van der Waals surface area contributed by atoms with Gasteiger partial charge < -0.3 is 5.32 Å². The number of unbranched alkanes of at least 4 members (excludes halogenated alkanes) is 2. The third-order valence-electron chi connectivity index (χ3n) is 4.68. The van der Waals surface area contributed by atoms with Gasteiger partial charge in [-0.1, -0.05) is 77.5 Å². The molecule has 2 rings (SSSR count). The highest BCUT2D eigenvalue weighted by Crippen LogP contribution is 2.25. The van der Waals surface area contributed by atoms with Gasteiger partial charge in [0.25, 0.3) is 0 Å². The van der Waals surface area contributed by atoms with Crippen LogP contribution in [0.4, 0.5) is 20.2 Å². The van der Waals surface area contributed by atoms with Crippen LogP contribution in [0.3, 0.4) is 0 Å². The van der Waals surface area contributed by atoms with Gasteiger partial charge >= 0.3 is 0 Å². The molecule has 0 saturated carbocycles. The summed E-state index contributed by atoms with van der Waals surface area (Å²) < 4.78 is 24.8. The standard InChI is InChI=1S/C15H14ClNO.C7H14F2.C5H12/c1-10-8-12(11(2)18)6-7-15(10)17-14-5-3-4-13(16)9-14;1-3-5-7(8,9)6-4-2;1-3-5-4-2/h3-9,17H,1-2H3;3-6H2,1-2H3;3-5H2,1-2H3. The van der Waals surface area contributed by atoms with E-state index in [0.717, 1.165) is 22.5 Å². The van der Waals surface area contributed by atoms with Gasteiger partial charge in [-0.05, 0) is 55.8 Å². The van der Waals surface area contributed by atoms with Crippen molar-refractivity contribution in [1.29, 1.82) is 0 Å². The molecule has 0 aliphatic carbocycles. The lowest BCUT2D eigenvalue weighted by Gasteiger charge is -2.12. The van der Waals surface area contributed by atoms with Crippen LogP contribution in [0.1, 0.15) is 95.5 Å². The normalized spacial score (nSPS) is 10.4. The molecule has 0 radical (unpaired) electrons. The maximum Gasteiger partial charge on any atom is 0.248 e. The van der Waals surface area contributed by atoms with Crippen LogP contribution >= 0.6 is 11.6 Å². The topological polar surface area (TPSA) is 29.1 Å². The second kappa shape index (κ2) is 16.7. The van der Waals surface area contributed by atoms with Gasteiger partial charge in [-0.3, -0.25) is 4.79 Å². The zero-order valence-corrected chi connectivity index (χ0v) is 21.3. The smallest absolute Gasteiger partial charge is 0.248 e. The van der Waals surface area contributed by atoms with Crippen molar-refractivity contribution >= 4 is 28.8 Å².